The zero-order valence-electron chi connectivity index (χ0n) is 10.2. The van der Waals surface area contributed by atoms with Gasteiger partial charge in [-0.25, -0.2) is 9.78 Å². The van der Waals surface area contributed by atoms with Crippen molar-refractivity contribution in [1.29, 1.82) is 0 Å². The second-order valence-electron chi connectivity index (χ2n) is 3.55. The summed E-state index contributed by atoms with van der Waals surface area (Å²) in [6, 6.07) is 1.66. The smallest absolute Gasteiger partial charge is 0.376 e. The van der Waals surface area contributed by atoms with E-state index in [-0.39, 0.29) is 18.3 Å². The van der Waals surface area contributed by atoms with Gasteiger partial charge in [-0.3, -0.25) is 0 Å². The number of esters is 1. The summed E-state index contributed by atoms with van der Waals surface area (Å²) < 4.78 is 19.9. The molecule has 0 aromatic carbocycles. The van der Waals surface area contributed by atoms with E-state index in [1.165, 1.54) is 14.2 Å². The third-order valence-electron chi connectivity index (χ3n) is 2.19. The third-order valence-corrected chi connectivity index (χ3v) is 2.19. The first kappa shape index (κ1) is 12.3. The van der Waals surface area contributed by atoms with Crippen LogP contribution >= 0.6 is 0 Å². The van der Waals surface area contributed by atoms with Gasteiger partial charge in [-0.1, -0.05) is 5.16 Å². The first-order chi connectivity index (χ1) is 8.65. The van der Waals surface area contributed by atoms with Gasteiger partial charge < -0.3 is 18.4 Å². The average Bonchev–Trinajstić information content (AvgIpc) is 2.95. The van der Waals surface area contributed by atoms with E-state index in [1.807, 2.05) is 0 Å². The van der Waals surface area contributed by atoms with Gasteiger partial charge in [0, 0.05) is 13.2 Å². The Morgan fingerprint density at radius 1 is 1.44 bits per heavy atom. The molecule has 2 rings (SSSR count). The molecule has 0 saturated heterocycles. The topological polar surface area (TPSA) is 87.6 Å². The first-order valence-corrected chi connectivity index (χ1v) is 5.16. The number of rotatable bonds is 4. The Bertz CT molecular complexity index is 558. The maximum absolute atomic E-state index is 11.5. The van der Waals surface area contributed by atoms with Gasteiger partial charge in [0.05, 0.1) is 19.4 Å². The summed E-state index contributed by atoms with van der Waals surface area (Å²) in [5.74, 6) is -0.0940. The quantitative estimate of drug-likeness (QED) is 0.763. The fourth-order valence-electron chi connectivity index (χ4n) is 1.41. The second-order valence-corrected chi connectivity index (χ2v) is 3.55. The van der Waals surface area contributed by atoms with Gasteiger partial charge in [-0.05, 0) is 6.92 Å². The molecule has 18 heavy (non-hydrogen) atoms. The molecule has 0 atom stereocenters. The summed E-state index contributed by atoms with van der Waals surface area (Å²) >= 11 is 0. The fraction of sp³-hybridized carbons (Fsp3) is 0.364. The molecule has 7 nitrogen and oxygen atoms in total. The number of aryl methyl sites for hydroxylation is 1. The highest BCUT2D eigenvalue weighted by molar-refractivity contribution is 5.87. The Labute approximate surface area is 103 Å². The number of carbonyl (C=O) groups excluding carboxylic acids is 1. The zero-order chi connectivity index (χ0) is 13.1. The molecule has 0 aliphatic rings. The lowest BCUT2D eigenvalue weighted by Gasteiger charge is -1.96. The molecule has 0 aliphatic heterocycles. The Balaban J connectivity index is 2.41. The van der Waals surface area contributed by atoms with E-state index in [2.05, 4.69) is 14.9 Å². The molecule has 7 heteroatoms. The van der Waals surface area contributed by atoms with E-state index in [1.54, 1.807) is 13.0 Å². The molecule has 0 N–H and O–H groups in total. The van der Waals surface area contributed by atoms with Crippen molar-refractivity contribution in [3.8, 4) is 11.7 Å². The van der Waals surface area contributed by atoms with Crippen molar-refractivity contribution < 1.29 is 23.2 Å². The molecule has 2 aromatic rings. The number of nitrogens with zero attached hydrogens (tertiary/aromatic N) is 2. The van der Waals surface area contributed by atoms with E-state index < -0.39 is 5.97 Å². The number of hydrogen-bond donors (Lipinski definition) is 0. The van der Waals surface area contributed by atoms with Crippen LogP contribution in [0.1, 0.15) is 21.9 Å². The highest BCUT2D eigenvalue weighted by Crippen LogP contribution is 2.23. The van der Waals surface area contributed by atoms with Crippen molar-refractivity contribution in [3.63, 3.8) is 0 Å². The van der Waals surface area contributed by atoms with Crippen LogP contribution < -0.4 is 0 Å². The highest BCUT2D eigenvalue weighted by atomic mass is 16.5. The van der Waals surface area contributed by atoms with Crippen LogP contribution in [-0.2, 0) is 16.1 Å². The van der Waals surface area contributed by atoms with Gasteiger partial charge in [0.2, 0.25) is 11.5 Å². The van der Waals surface area contributed by atoms with E-state index >= 15 is 0 Å². The molecular weight excluding hydrogens is 240 g/mol. The summed E-state index contributed by atoms with van der Waals surface area (Å²) in [4.78, 5) is 15.6. The lowest BCUT2D eigenvalue weighted by Crippen LogP contribution is -2.04. The summed E-state index contributed by atoms with van der Waals surface area (Å²) in [6.45, 7) is 1.91. The number of methoxy groups -OCH3 is 2. The van der Waals surface area contributed by atoms with Crippen molar-refractivity contribution in [2.45, 2.75) is 13.5 Å². The molecule has 0 fully saturated rings. The number of hydrogen-bond acceptors (Lipinski definition) is 7. The Hall–Kier alpha value is -2.15. The van der Waals surface area contributed by atoms with Crippen LogP contribution in [0, 0.1) is 6.92 Å². The minimum Gasteiger partial charge on any atom is -0.463 e. The standard InChI is InChI=1S/C11H12N2O5/c1-6-4-8(18-13-6)10-12-7(5-15-2)9(17-10)11(14)16-3/h4H,5H2,1-3H3. The molecule has 0 spiro atoms. The zero-order valence-corrected chi connectivity index (χ0v) is 10.2. The van der Waals surface area contributed by atoms with E-state index in [9.17, 15) is 4.79 Å². The van der Waals surface area contributed by atoms with Crippen molar-refractivity contribution in [1.82, 2.24) is 10.1 Å². The molecule has 2 heterocycles. The van der Waals surface area contributed by atoms with Gasteiger partial charge in [0.1, 0.15) is 5.69 Å². The second kappa shape index (κ2) is 5.01. The average molecular weight is 252 g/mol. The fourth-order valence-corrected chi connectivity index (χ4v) is 1.41. The molecule has 0 bridgehead atoms. The van der Waals surface area contributed by atoms with Crippen LogP contribution in [-0.4, -0.2) is 30.3 Å². The molecule has 0 saturated carbocycles. The first-order valence-electron chi connectivity index (χ1n) is 5.16. The van der Waals surface area contributed by atoms with Crippen molar-refractivity contribution in [2.24, 2.45) is 0 Å². The minimum atomic E-state index is -0.614. The summed E-state index contributed by atoms with van der Waals surface area (Å²) in [7, 11) is 2.76. The van der Waals surface area contributed by atoms with Gasteiger partial charge in [0.25, 0.3) is 5.89 Å². The van der Waals surface area contributed by atoms with Gasteiger partial charge in [-0.15, -0.1) is 0 Å². The minimum absolute atomic E-state index is 0.00315. The lowest BCUT2D eigenvalue weighted by molar-refractivity contribution is 0.0559. The predicted octanol–water partition coefficient (Wildman–Crippen LogP) is 1.57. The van der Waals surface area contributed by atoms with Gasteiger partial charge >= 0.3 is 5.97 Å². The third kappa shape index (κ3) is 2.25. The van der Waals surface area contributed by atoms with Crippen molar-refractivity contribution >= 4 is 5.97 Å². The molecule has 2 aromatic heterocycles. The van der Waals surface area contributed by atoms with E-state index in [4.69, 9.17) is 13.7 Å². The molecular formula is C11H12N2O5. The molecule has 0 unspecified atom stereocenters. The molecule has 0 amide bonds. The van der Waals surface area contributed by atoms with Crippen LogP contribution in [0.4, 0.5) is 0 Å². The SMILES string of the molecule is COCc1nc(-c2cc(C)no2)oc1C(=O)OC. The summed E-state index contributed by atoms with van der Waals surface area (Å²) in [5, 5.41) is 3.72. The summed E-state index contributed by atoms with van der Waals surface area (Å²) in [6.07, 6.45) is 0. The monoisotopic (exact) mass is 252 g/mol. The predicted molar refractivity (Wildman–Crippen MR) is 58.8 cm³/mol. The van der Waals surface area contributed by atoms with Crippen molar-refractivity contribution in [3.05, 3.63) is 23.2 Å². The Kier molecular flexibility index (Phi) is 3.42. The number of carbonyl (C=O) groups is 1. The summed E-state index contributed by atoms with van der Waals surface area (Å²) in [5.41, 5.74) is 1.05. The lowest BCUT2D eigenvalue weighted by atomic mass is 10.3. The number of aromatic nitrogens is 2. The number of oxazole rings is 1. The Morgan fingerprint density at radius 3 is 2.78 bits per heavy atom. The van der Waals surface area contributed by atoms with Crippen molar-refractivity contribution in [2.75, 3.05) is 14.2 Å². The highest BCUT2D eigenvalue weighted by Gasteiger charge is 2.23. The molecule has 96 valence electrons. The van der Waals surface area contributed by atoms with Crippen LogP contribution in [0.5, 0.6) is 0 Å². The number of ether oxygens (including phenoxy) is 2. The Morgan fingerprint density at radius 2 is 2.22 bits per heavy atom. The van der Waals surface area contributed by atoms with Crippen LogP contribution in [0.15, 0.2) is 15.0 Å². The molecule has 0 aliphatic carbocycles. The van der Waals surface area contributed by atoms with E-state index in [0.29, 0.717) is 17.1 Å². The van der Waals surface area contributed by atoms with Gasteiger partial charge in [0.15, 0.2) is 0 Å². The largest absolute Gasteiger partial charge is 0.463 e. The maximum atomic E-state index is 11.5. The molecule has 0 radical (unpaired) electrons. The normalized spacial score (nSPS) is 10.6. The van der Waals surface area contributed by atoms with Crippen LogP contribution in [0.2, 0.25) is 0 Å². The van der Waals surface area contributed by atoms with Crippen LogP contribution in [0.3, 0.4) is 0 Å². The van der Waals surface area contributed by atoms with E-state index in [0.717, 1.165) is 0 Å². The van der Waals surface area contributed by atoms with Gasteiger partial charge in [-0.2, -0.15) is 0 Å². The maximum Gasteiger partial charge on any atom is 0.376 e. The van der Waals surface area contributed by atoms with Crippen LogP contribution in [0.25, 0.3) is 11.7 Å².